The van der Waals surface area contributed by atoms with Crippen molar-refractivity contribution in [3.8, 4) is 0 Å². The number of aliphatic hydroxyl groups excluding tert-OH is 2. The van der Waals surface area contributed by atoms with Gasteiger partial charge in [-0.15, -0.1) is 0 Å². The predicted octanol–water partition coefficient (Wildman–Crippen LogP) is 21.2. The summed E-state index contributed by atoms with van der Waals surface area (Å²) < 4.78 is 0. The Kier molecular flexibility index (Phi) is 59.7. The Labute approximate surface area is 438 Å². The first kappa shape index (κ1) is 68.1. The first-order valence-electron chi connectivity index (χ1n) is 31.5. The van der Waals surface area contributed by atoms with Crippen LogP contribution in [0.15, 0.2) is 60.8 Å². The van der Waals surface area contributed by atoms with E-state index >= 15 is 0 Å². The number of unbranched alkanes of at least 4 members (excludes halogenated alkanes) is 43. The summed E-state index contributed by atoms with van der Waals surface area (Å²) in [4.78, 5) is 12.5. The number of carbonyl (C=O) groups is 1. The Morgan fingerprint density at radius 1 is 0.357 bits per heavy atom. The van der Waals surface area contributed by atoms with Crippen LogP contribution in [0.5, 0.6) is 0 Å². The van der Waals surface area contributed by atoms with Gasteiger partial charge in [0.05, 0.1) is 18.8 Å². The maximum absolute atomic E-state index is 12.5. The zero-order chi connectivity index (χ0) is 50.6. The summed E-state index contributed by atoms with van der Waals surface area (Å²) in [5.41, 5.74) is 0. The van der Waals surface area contributed by atoms with Crippen LogP contribution in [-0.4, -0.2) is 34.9 Å². The van der Waals surface area contributed by atoms with Crippen molar-refractivity contribution in [1.29, 1.82) is 0 Å². The number of nitrogens with one attached hydrogen (secondary N) is 1. The topological polar surface area (TPSA) is 69.6 Å². The predicted molar refractivity (Wildman–Crippen MR) is 313 cm³/mol. The van der Waals surface area contributed by atoms with Crippen LogP contribution in [0.2, 0.25) is 0 Å². The quantitative estimate of drug-likeness (QED) is 0.0420. The van der Waals surface area contributed by atoms with Gasteiger partial charge in [0.2, 0.25) is 5.91 Å². The van der Waals surface area contributed by atoms with Crippen LogP contribution in [0.25, 0.3) is 0 Å². The van der Waals surface area contributed by atoms with Crippen LogP contribution < -0.4 is 5.32 Å². The molecule has 0 spiro atoms. The van der Waals surface area contributed by atoms with E-state index in [1.54, 1.807) is 6.08 Å². The summed E-state index contributed by atoms with van der Waals surface area (Å²) in [6.45, 7) is 4.23. The van der Waals surface area contributed by atoms with E-state index in [0.29, 0.717) is 6.42 Å². The Morgan fingerprint density at radius 2 is 0.629 bits per heavy atom. The minimum atomic E-state index is -0.841. The van der Waals surface area contributed by atoms with E-state index in [-0.39, 0.29) is 12.5 Å². The SMILES string of the molecule is CC/C=C\C/C=C\C/C=C\C/C=C\CCCCCCCCCCCCCCCCCCCCC(=O)NC(CO)C(O)/C=C/CCCCCCCCCCCCCCCCCCCCCCCCCCC. The molecule has 4 heteroatoms. The fourth-order valence-electron chi connectivity index (χ4n) is 9.76. The maximum Gasteiger partial charge on any atom is 0.220 e. The van der Waals surface area contributed by atoms with Gasteiger partial charge in [-0.05, 0) is 57.8 Å². The molecule has 0 saturated heterocycles. The molecule has 0 bridgehead atoms. The molecule has 70 heavy (non-hydrogen) atoms. The molecular formula is C66H123NO3. The average molecular weight is 979 g/mol. The smallest absolute Gasteiger partial charge is 0.220 e. The summed E-state index contributed by atoms with van der Waals surface area (Å²) in [7, 11) is 0. The van der Waals surface area contributed by atoms with Gasteiger partial charge in [-0.3, -0.25) is 4.79 Å². The third kappa shape index (κ3) is 57.0. The first-order valence-corrected chi connectivity index (χ1v) is 31.5. The van der Waals surface area contributed by atoms with E-state index in [0.717, 1.165) is 51.4 Å². The van der Waals surface area contributed by atoms with E-state index in [4.69, 9.17) is 0 Å². The molecular weight excluding hydrogens is 855 g/mol. The molecule has 0 heterocycles. The van der Waals surface area contributed by atoms with Crippen molar-refractivity contribution in [2.24, 2.45) is 0 Å². The van der Waals surface area contributed by atoms with E-state index < -0.39 is 12.1 Å². The largest absolute Gasteiger partial charge is 0.394 e. The number of allylic oxidation sites excluding steroid dienone is 9. The average Bonchev–Trinajstić information content (AvgIpc) is 3.36. The van der Waals surface area contributed by atoms with Crippen LogP contribution in [0, 0.1) is 0 Å². The highest BCUT2D eigenvalue weighted by Gasteiger charge is 2.18. The number of carbonyl (C=O) groups excluding carboxylic acids is 1. The van der Waals surface area contributed by atoms with Gasteiger partial charge >= 0.3 is 0 Å². The van der Waals surface area contributed by atoms with Crippen LogP contribution in [-0.2, 0) is 4.79 Å². The van der Waals surface area contributed by atoms with Crippen LogP contribution >= 0.6 is 0 Å². The monoisotopic (exact) mass is 978 g/mol. The molecule has 0 rings (SSSR count). The van der Waals surface area contributed by atoms with Gasteiger partial charge in [0, 0.05) is 6.42 Å². The van der Waals surface area contributed by atoms with Crippen molar-refractivity contribution >= 4 is 5.91 Å². The highest BCUT2D eigenvalue weighted by atomic mass is 16.3. The van der Waals surface area contributed by atoms with Crippen molar-refractivity contribution in [3.63, 3.8) is 0 Å². The van der Waals surface area contributed by atoms with Crippen molar-refractivity contribution in [3.05, 3.63) is 60.8 Å². The second-order valence-corrected chi connectivity index (χ2v) is 21.5. The molecule has 0 saturated carbocycles. The lowest BCUT2D eigenvalue weighted by atomic mass is 10.0. The van der Waals surface area contributed by atoms with E-state index in [1.165, 1.54) is 263 Å². The molecule has 0 aliphatic carbocycles. The second kappa shape index (κ2) is 61.4. The molecule has 2 atom stereocenters. The van der Waals surface area contributed by atoms with Gasteiger partial charge in [-0.25, -0.2) is 0 Å². The molecule has 4 nitrogen and oxygen atoms in total. The normalized spacial score (nSPS) is 13.1. The van der Waals surface area contributed by atoms with Gasteiger partial charge in [0.1, 0.15) is 0 Å². The first-order chi connectivity index (χ1) is 34.7. The molecule has 0 aliphatic heterocycles. The van der Waals surface area contributed by atoms with Gasteiger partial charge < -0.3 is 15.5 Å². The van der Waals surface area contributed by atoms with E-state index in [2.05, 4.69) is 67.8 Å². The summed E-state index contributed by atoms with van der Waals surface area (Å²) in [5.74, 6) is -0.0593. The van der Waals surface area contributed by atoms with Crippen LogP contribution in [0.4, 0.5) is 0 Å². The van der Waals surface area contributed by atoms with E-state index in [9.17, 15) is 15.0 Å². The van der Waals surface area contributed by atoms with Crippen LogP contribution in [0.1, 0.15) is 335 Å². The lowest BCUT2D eigenvalue weighted by Crippen LogP contribution is -2.45. The molecule has 410 valence electrons. The molecule has 0 aliphatic rings. The van der Waals surface area contributed by atoms with Crippen molar-refractivity contribution in [1.82, 2.24) is 5.32 Å². The minimum absolute atomic E-state index is 0.0593. The standard InChI is InChI=1S/C66H123NO3/c1-3-5-7-9-11-13-15-17-19-21-23-25-27-29-31-32-33-34-36-38-40-42-44-46-48-50-52-54-56-58-60-62-66(70)67-64(63-68)65(69)61-59-57-55-53-51-49-47-45-43-41-39-37-35-30-28-26-24-22-20-18-16-14-12-10-8-6-4-2/h5,7,11,13,17,19,23,25,59,61,64-65,68-69H,3-4,6,8-10,12,14-16,18,20-22,24,26-58,60,62-63H2,1-2H3,(H,67,70)/b7-5-,13-11-,19-17-,25-23-,61-59+. The Hall–Kier alpha value is -1.91. The molecule has 0 aromatic rings. The van der Waals surface area contributed by atoms with E-state index in [1.807, 2.05) is 6.08 Å². The zero-order valence-electron chi connectivity index (χ0n) is 47.3. The third-order valence-electron chi connectivity index (χ3n) is 14.5. The Morgan fingerprint density at radius 3 is 0.943 bits per heavy atom. The van der Waals surface area contributed by atoms with Crippen molar-refractivity contribution in [2.45, 2.75) is 347 Å². The number of amides is 1. The number of hydrogen-bond acceptors (Lipinski definition) is 3. The number of aliphatic hydroxyl groups is 2. The molecule has 3 N–H and O–H groups in total. The molecule has 0 fully saturated rings. The fourth-order valence-corrected chi connectivity index (χ4v) is 9.76. The summed E-state index contributed by atoms with van der Waals surface area (Å²) in [6, 6.07) is -0.624. The molecule has 0 aromatic carbocycles. The molecule has 0 aromatic heterocycles. The highest BCUT2D eigenvalue weighted by molar-refractivity contribution is 5.76. The Bertz CT molecular complexity index is 1150. The summed E-state index contributed by atoms with van der Waals surface area (Å²) in [6.07, 6.45) is 87.0. The van der Waals surface area contributed by atoms with Crippen molar-refractivity contribution < 1.29 is 15.0 Å². The maximum atomic E-state index is 12.5. The second-order valence-electron chi connectivity index (χ2n) is 21.5. The van der Waals surface area contributed by atoms with Crippen LogP contribution in [0.3, 0.4) is 0 Å². The van der Waals surface area contributed by atoms with Gasteiger partial charge in [-0.2, -0.15) is 0 Å². The molecule has 2 unspecified atom stereocenters. The lowest BCUT2D eigenvalue weighted by molar-refractivity contribution is -0.123. The lowest BCUT2D eigenvalue weighted by Gasteiger charge is -2.20. The van der Waals surface area contributed by atoms with Gasteiger partial charge in [0.15, 0.2) is 0 Å². The number of rotatable bonds is 58. The summed E-state index contributed by atoms with van der Waals surface area (Å²) >= 11 is 0. The number of hydrogen-bond donors (Lipinski definition) is 3. The molecule has 0 radical (unpaired) electrons. The minimum Gasteiger partial charge on any atom is -0.394 e. The Balaban J connectivity index is 3.46. The third-order valence-corrected chi connectivity index (χ3v) is 14.5. The fraction of sp³-hybridized carbons (Fsp3) is 0.833. The highest BCUT2D eigenvalue weighted by Crippen LogP contribution is 2.18. The van der Waals surface area contributed by atoms with Crippen molar-refractivity contribution in [2.75, 3.05) is 6.61 Å². The van der Waals surface area contributed by atoms with Gasteiger partial charge in [0.25, 0.3) is 0 Å². The zero-order valence-corrected chi connectivity index (χ0v) is 47.3. The summed E-state index contributed by atoms with van der Waals surface area (Å²) in [5, 5.41) is 23.3. The van der Waals surface area contributed by atoms with Gasteiger partial charge in [-0.1, -0.05) is 331 Å². The molecule has 1 amide bonds.